The van der Waals surface area contributed by atoms with E-state index in [-0.39, 0.29) is 49.7 Å². The van der Waals surface area contributed by atoms with E-state index in [2.05, 4.69) is 20.9 Å². The molecule has 15 heteroatoms. The summed E-state index contributed by atoms with van der Waals surface area (Å²) in [5.41, 5.74) is 17.8. The van der Waals surface area contributed by atoms with Crippen LogP contribution in [0.5, 0.6) is 11.5 Å². The van der Waals surface area contributed by atoms with E-state index in [1.807, 2.05) is 0 Å². The maximum absolute atomic E-state index is 13.4. The van der Waals surface area contributed by atoms with Crippen molar-refractivity contribution in [2.45, 2.75) is 62.9 Å². The Hall–Kier alpha value is -4.89. The largest absolute Gasteiger partial charge is 0.508 e. The summed E-state index contributed by atoms with van der Waals surface area (Å²) in [6, 6.07) is 6.68. The van der Waals surface area contributed by atoms with Gasteiger partial charge in [0.15, 0.2) is 5.96 Å². The first kappa shape index (κ1) is 34.3. The molecule has 3 amide bonds. The van der Waals surface area contributed by atoms with E-state index < -0.39 is 54.0 Å². The SMILES string of the molecule is CC(O)C(NC(=O)C(Cc1ccc(O)cc1)NC(=O)C(N)Cc1ccc(O)cc1)C(=O)NC(CCCN=C(N)N)C(=O)O. The van der Waals surface area contributed by atoms with Gasteiger partial charge in [-0.1, -0.05) is 24.3 Å². The second kappa shape index (κ2) is 16.5. The molecule has 0 aromatic heterocycles. The highest BCUT2D eigenvalue weighted by Gasteiger charge is 2.33. The number of guanidine groups is 1. The summed E-state index contributed by atoms with van der Waals surface area (Å²) in [7, 11) is 0. The topological polar surface area (TPSA) is 276 Å². The van der Waals surface area contributed by atoms with Crippen molar-refractivity contribution in [1.29, 1.82) is 0 Å². The third kappa shape index (κ3) is 11.9. The van der Waals surface area contributed by atoms with Gasteiger partial charge in [0.05, 0.1) is 12.1 Å². The highest BCUT2D eigenvalue weighted by Crippen LogP contribution is 2.13. The number of amides is 3. The minimum absolute atomic E-state index is 0.0122. The average molecular weight is 602 g/mol. The van der Waals surface area contributed by atoms with Gasteiger partial charge in [0, 0.05) is 13.0 Å². The number of phenolic OH excluding ortho intramolecular Hbond substituents is 2. The van der Waals surface area contributed by atoms with Crippen molar-refractivity contribution < 1.29 is 39.6 Å². The van der Waals surface area contributed by atoms with Gasteiger partial charge in [0.25, 0.3) is 0 Å². The van der Waals surface area contributed by atoms with Crippen LogP contribution >= 0.6 is 0 Å². The van der Waals surface area contributed by atoms with Gasteiger partial charge in [0.1, 0.15) is 29.6 Å². The molecule has 234 valence electrons. The number of nitrogens with two attached hydrogens (primary N) is 3. The number of carbonyl (C=O) groups excluding carboxylic acids is 3. The fraction of sp³-hybridized carbons (Fsp3) is 0.393. The second-order valence-electron chi connectivity index (χ2n) is 9.98. The Morgan fingerprint density at radius 3 is 1.79 bits per heavy atom. The normalized spacial score (nSPS) is 14.3. The summed E-state index contributed by atoms with van der Waals surface area (Å²) < 4.78 is 0. The highest BCUT2D eigenvalue weighted by atomic mass is 16.4. The molecule has 0 bridgehead atoms. The summed E-state index contributed by atoms with van der Waals surface area (Å²) in [4.78, 5) is 54.8. The second-order valence-corrected chi connectivity index (χ2v) is 9.98. The number of aliphatic imine (C=N–C) groups is 1. The first-order chi connectivity index (χ1) is 20.3. The summed E-state index contributed by atoms with van der Waals surface area (Å²) in [6.45, 7) is 1.37. The molecule has 0 aliphatic rings. The molecule has 0 aliphatic heterocycles. The average Bonchev–Trinajstić information content (AvgIpc) is 2.94. The predicted octanol–water partition coefficient (Wildman–Crippen LogP) is -1.82. The van der Waals surface area contributed by atoms with Crippen molar-refractivity contribution in [1.82, 2.24) is 16.0 Å². The fourth-order valence-corrected chi connectivity index (χ4v) is 4.02. The number of carboxylic acids is 1. The van der Waals surface area contributed by atoms with Gasteiger partial charge in [-0.2, -0.15) is 0 Å². The smallest absolute Gasteiger partial charge is 0.326 e. The molecule has 2 aromatic carbocycles. The zero-order valence-electron chi connectivity index (χ0n) is 23.6. The zero-order valence-corrected chi connectivity index (χ0v) is 23.6. The van der Waals surface area contributed by atoms with E-state index in [1.165, 1.54) is 43.3 Å². The Morgan fingerprint density at radius 1 is 0.791 bits per heavy atom. The number of aromatic hydroxyl groups is 2. The van der Waals surface area contributed by atoms with Crippen molar-refractivity contribution in [3.8, 4) is 11.5 Å². The van der Waals surface area contributed by atoms with Crippen molar-refractivity contribution in [2.24, 2.45) is 22.2 Å². The summed E-state index contributed by atoms with van der Waals surface area (Å²) >= 11 is 0. The number of nitrogens with zero attached hydrogens (tertiary/aromatic N) is 1. The van der Waals surface area contributed by atoms with Crippen LogP contribution in [0.4, 0.5) is 0 Å². The molecule has 0 heterocycles. The Labute approximate surface area is 248 Å². The van der Waals surface area contributed by atoms with Crippen LogP contribution in [0, 0.1) is 0 Å². The van der Waals surface area contributed by atoms with E-state index in [1.54, 1.807) is 12.1 Å². The molecule has 43 heavy (non-hydrogen) atoms. The molecular weight excluding hydrogens is 562 g/mol. The summed E-state index contributed by atoms with van der Waals surface area (Å²) in [5.74, 6) is -3.96. The molecule has 5 unspecified atom stereocenters. The predicted molar refractivity (Wildman–Crippen MR) is 157 cm³/mol. The van der Waals surface area contributed by atoms with Crippen molar-refractivity contribution in [3.05, 3.63) is 59.7 Å². The Kier molecular flexibility index (Phi) is 13.2. The van der Waals surface area contributed by atoms with Crippen LogP contribution in [-0.2, 0) is 32.0 Å². The molecule has 13 N–H and O–H groups in total. The fourth-order valence-electron chi connectivity index (χ4n) is 4.02. The van der Waals surface area contributed by atoms with Crippen LogP contribution in [-0.4, -0.2) is 86.9 Å². The number of carbonyl (C=O) groups is 4. The monoisotopic (exact) mass is 601 g/mol. The molecule has 0 fully saturated rings. The highest BCUT2D eigenvalue weighted by molar-refractivity contribution is 5.94. The molecule has 5 atom stereocenters. The third-order valence-electron chi connectivity index (χ3n) is 6.36. The summed E-state index contributed by atoms with van der Waals surface area (Å²) in [6.07, 6.45) is -1.22. The number of aliphatic carboxylic acids is 1. The lowest BCUT2D eigenvalue weighted by Gasteiger charge is -2.26. The Bertz CT molecular complexity index is 1260. The van der Waals surface area contributed by atoms with Crippen molar-refractivity contribution >= 4 is 29.7 Å². The van der Waals surface area contributed by atoms with Gasteiger partial charge in [-0.15, -0.1) is 0 Å². The number of rotatable bonds is 16. The first-order valence-electron chi connectivity index (χ1n) is 13.5. The number of aliphatic hydroxyl groups is 1. The lowest BCUT2D eigenvalue weighted by Crippen LogP contribution is -2.60. The van der Waals surface area contributed by atoms with E-state index in [4.69, 9.17) is 17.2 Å². The quantitative estimate of drug-likeness (QED) is 0.0581. The molecule has 0 aliphatic carbocycles. The van der Waals surface area contributed by atoms with Crippen LogP contribution in [0.2, 0.25) is 0 Å². The molecule has 0 spiro atoms. The summed E-state index contributed by atoms with van der Waals surface area (Å²) in [5, 5.41) is 46.2. The van der Waals surface area contributed by atoms with Gasteiger partial charge in [0.2, 0.25) is 17.7 Å². The number of benzene rings is 2. The zero-order chi connectivity index (χ0) is 32.1. The molecule has 2 aromatic rings. The lowest BCUT2D eigenvalue weighted by molar-refractivity contribution is -0.143. The molecule has 2 rings (SSSR count). The molecule has 15 nitrogen and oxygen atoms in total. The van der Waals surface area contributed by atoms with Crippen LogP contribution in [0.3, 0.4) is 0 Å². The van der Waals surface area contributed by atoms with Crippen LogP contribution in [0.15, 0.2) is 53.5 Å². The van der Waals surface area contributed by atoms with E-state index in [0.717, 1.165) is 0 Å². The Balaban J connectivity index is 2.18. The number of carboxylic acid groups (broad SMARTS) is 1. The standard InChI is InChI=1S/C28H39N7O8/c1-15(36)23(26(41)33-21(27(42)43)3-2-12-32-28(30)31)35-25(40)22(14-17-6-10-19(38)11-7-17)34-24(39)20(29)13-16-4-8-18(37)9-5-16/h4-11,15,20-23,36-38H,2-3,12-14,29H2,1H3,(H,33,41)(H,34,39)(H,35,40)(H,42,43)(H4,30,31,32). The maximum atomic E-state index is 13.4. The number of nitrogens with one attached hydrogen (secondary N) is 3. The van der Waals surface area contributed by atoms with Gasteiger partial charge >= 0.3 is 5.97 Å². The van der Waals surface area contributed by atoms with Crippen molar-refractivity contribution in [2.75, 3.05) is 6.54 Å². The maximum Gasteiger partial charge on any atom is 0.326 e. The van der Waals surface area contributed by atoms with Crippen LogP contribution in [0.25, 0.3) is 0 Å². The first-order valence-corrected chi connectivity index (χ1v) is 13.5. The van der Waals surface area contributed by atoms with Crippen molar-refractivity contribution in [3.63, 3.8) is 0 Å². The molecular formula is C28H39N7O8. The Morgan fingerprint density at radius 2 is 1.30 bits per heavy atom. The third-order valence-corrected chi connectivity index (χ3v) is 6.36. The molecule has 0 saturated heterocycles. The van der Waals surface area contributed by atoms with Gasteiger partial charge < -0.3 is 53.6 Å². The van der Waals surface area contributed by atoms with Crippen LogP contribution < -0.4 is 33.2 Å². The number of phenols is 2. The minimum Gasteiger partial charge on any atom is -0.508 e. The van der Waals surface area contributed by atoms with Crippen LogP contribution in [0.1, 0.15) is 30.9 Å². The number of aliphatic hydroxyl groups excluding tert-OH is 1. The van der Waals surface area contributed by atoms with E-state index >= 15 is 0 Å². The molecule has 0 saturated carbocycles. The number of hydrogen-bond acceptors (Lipinski definition) is 9. The number of hydrogen-bond donors (Lipinski definition) is 10. The van der Waals surface area contributed by atoms with Gasteiger partial charge in [-0.25, -0.2) is 4.79 Å². The lowest BCUT2D eigenvalue weighted by atomic mass is 10.0. The minimum atomic E-state index is -1.57. The van der Waals surface area contributed by atoms with Gasteiger partial charge in [-0.3, -0.25) is 19.4 Å². The van der Waals surface area contributed by atoms with Gasteiger partial charge in [-0.05, 0) is 61.6 Å². The van der Waals surface area contributed by atoms with E-state index in [9.17, 15) is 39.6 Å². The molecule has 0 radical (unpaired) electrons. The van der Waals surface area contributed by atoms with E-state index in [0.29, 0.717) is 11.1 Å².